The molecule has 1 heterocycles. The van der Waals surface area contributed by atoms with Crippen LogP contribution in [0.4, 0.5) is 5.69 Å². The largest absolute Gasteiger partial charge is 0.490 e. The van der Waals surface area contributed by atoms with Gasteiger partial charge in [-0.25, -0.2) is 0 Å². The Morgan fingerprint density at radius 3 is 2.67 bits per heavy atom. The van der Waals surface area contributed by atoms with Crippen molar-refractivity contribution < 1.29 is 50.1 Å². The average Bonchev–Trinajstić information content (AvgIpc) is 2.52. The molecule has 0 saturated carbocycles. The first-order valence-electron chi connectivity index (χ1n) is 7.78. The van der Waals surface area contributed by atoms with Gasteiger partial charge in [-0.05, 0) is 38.3 Å². The molecule has 1 aromatic rings. The van der Waals surface area contributed by atoms with Crippen molar-refractivity contribution in [3.8, 4) is 0 Å². The Hall–Kier alpha value is -0.336. The van der Waals surface area contributed by atoms with Crippen LogP contribution in [0.25, 0.3) is 0 Å². The normalized spacial score (nSPS) is 16.4. The summed E-state index contributed by atoms with van der Waals surface area (Å²) in [5.41, 5.74) is 2.02. The SMILES string of the molecule is CS(=O)(=O)OCCCN1CCC(c2cccc(N[C-]=O)c2)CC1.[Y]. The fourth-order valence-electron chi connectivity index (χ4n) is 2.92. The number of benzene rings is 1. The van der Waals surface area contributed by atoms with Crippen molar-refractivity contribution in [1.29, 1.82) is 0 Å². The first-order chi connectivity index (χ1) is 11.0. The average molecular weight is 428 g/mol. The second-order valence-corrected chi connectivity index (χ2v) is 7.49. The quantitative estimate of drug-likeness (QED) is 0.295. The van der Waals surface area contributed by atoms with E-state index in [1.807, 2.05) is 18.2 Å². The molecule has 2 rings (SSSR count). The second kappa shape index (κ2) is 10.6. The van der Waals surface area contributed by atoms with Crippen LogP contribution in [-0.4, -0.2) is 52.2 Å². The summed E-state index contributed by atoms with van der Waals surface area (Å²) in [6.45, 7) is 3.07. The summed E-state index contributed by atoms with van der Waals surface area (Å²) in [5.74, 6) is 0.493. The van der Waals surface area contributed by atoms with Crippen molar-refractivity contribution in [2.45, 2.75) is 25.2 Å². The Bertz CT molecular complexity index is 616. The van der Waals surface area contributed by atoms with Crippen molar-refractivity contribution >= 4 is 22.2 Å². The van der Waals surface area contributed by atoms with Crippen molar-refractivity contribution in [2.75, 3.05) is 37.8 Å². The van der Waals surface area contributed by atoms with Crippen LogP contribution in [0.3, 0.4) is 0 Å². The number of nitrogens with one attached hydrogen (secondary N) is 1. The van der Waals surface area contributed by atoms with E-state index in [2.05, 4.69) is 16.3 Å². The van der Waals surface area contributed by atoms with Crippen molar-refractivity contribution in [2.24, 2.45) is 0 Å². The molecular weight excluding hydrogens is 405 g/mol. The molecule has 0 spiro atoms. The summed E-state index contributed by atoms with van der Waals surface area (Å²) in [7, 11) is -3.33. The number of carbonyl (C=O) groups excluding carboxylic acids is 1. The molecule has 131 valence electrons. The van der Waals surface area contributed by atoms with Gasteiger partial charge in [0.05, 0.1) is 19.3 Å². The molecule has 1 aromatic carbocycles. The summed E-state index contributed by atoms with van der Waals surface area (Å²) in [4.78, 5) is 12.7. The first kappa shape index (κ1) is 21.7. The predicted octanol–water partition coefficient (Wildman–Crippen LogP) is 1.71. The third-order valence-corrected chi connectivity index (χ3v) is 4.65. The fourth-order valence-corrected chi connectivity index (χ4v) is 3.34. The zero-order chi connectivity index (χ0) is 16.7. The van der Waals surface area contributed by atoms with Crippen LogP contribution in [-0.2, 0) is 51.8 Å². The molecule has 1 aliphatic rings. The van der Waals surface area contributed by atoms with Gasteiger partial charge in [0.1, 0.15) is 0 Å². The number of hydrogen-bond donors (Lipinski definition) is 1. The molecule has 0 aromatic heterocycles. The van der Waals surface area contributed by atoms with Crippen LogP contribution >= 0.6 is 0 Å². The van der Waals surface area contributed by atoms with Gasteiger partial charge in [0.2, 0.25) is 0 Å². The number of rotatable bonds is 8. The Morgan fingerprint density at radius 1 is 1.33 bits per heavy atom. The predicted molar refractivity (Wildman–Crippen MR) is 89.6 cm³/mol. The van der Waals surface area contributed by atoms with E-state index < -0.39 is 10.1 Å². The molecule has 24 heavy (non-hydrogen) atoms. The molecule has 1 radical (unpaired) electrons. The Labute approximate surface area is 169 Å². The van der Waals surface area contributed by atoms with E-state index >= 15 is 0 Å². The van der Waals surface area contributed by atoms with Crippen molar-refractivity contribution in [3.63, 3.8) is 0 Å². The summed E-state index contributed by atoms with van der Waals surface area (Å²) < 4.78 is 26.5. The molecule has 1 amide bonds. The van der Waals surface area contributed by atoms with Crippen LogP contribution < -0.4 is 5.32 Å². The topological polar surface area (TPSA) is 75.7 Å². The molecule has 1 aliphatic heterocycles. The van der Waals surface area contributed by atoms with Crippen LogP contribution in [0.1, 0.15) is 30.7 Å². The number of nitrogens with zero attached hydrogens (tertiary/aromatic N) is 1. The third-order valence-electron chi connectivity index (χ3n) is 4.06. The zero-order valence-corrected chi connectivity index (χ0v) is 17.6. The molecule has 8 heteroatoms. The summed E-state index contributed by atoms with van der Waals surface area (Å²) in [6.07, 6.45) is 5.60. The Kier molecular flexibility index (Phi) is 9.60. The smallest absolute Gasteiger partial charge is 0.264 e. The van der Waals surface area contributed by atoms with E-state index in [4.69, 9.17) is 4.18 Å². The van der Waals surface area contributed by atoms with Gasteiger partial charge >= 0.3 is 0 Å². The van der Waals surface area contributed by atoms with Gasteiger partial charge in [0, 0.05) is 39.3 Å². The van der Waals surface area contributed by atoms with Gasteiger partial charge < -0.3 is 15.0 Å². The molecule has 0 aliphatic carbocycles. The maximum atomic E-state index is 10.9. The van der Waals surface area contributed by atoms with Crippen LogP contribution in [0.5, 0.6) is 0 Å². The number of piperidine rings is 1. The molecule has 0 unspecified atom stereocenters. The minimum Gasteiger partial charge on any atom is -0.490 e. The van der Waals surface area contributed by atoms with E-state index in [1.165, 1.54) is 5.56 Å². The molecular formula is C16H23N2O4SY-. The van der Waals surface area contributed by atoms with Crippen molar-refractivity contribution in [1.82, 2.24) is 4.90 Å². The van der Waals surface area contributed by atoms with E-state index in [9.17, 15) is 13.2 Å². The van der Waals surface area contributed by atoms with Crippen LogP contribution in [0.2, 0.25) is 0 Å². The minimum absolute atomic E-state index is 0. The second-order valence-electron chi connectivity index (χ2n) is 5.85. The van der Waals surface area contributed by atoms with E-state index in [0.29, 0.717) is 12.3 Å². The van der Waals surface area contributed by atoms with Gasteiger partial charge in [0.15, 0.2) is 0 Å². The summed E-state index contributed by atoms with van der Waals surface area (Å²) >= 11 is 0. The first-order valence-corrected chi connectivity index (χ1v) is 9.59. The zero-order valence-electron chi connectivity index (χ0n) is 13.9. The number of hydrogen-bond acceptors (Lipinski definition) is 5. The van der Waals surface area contributed by atoms with E-state index in [-0.39, 0.29) is 39.3 Å². The van der Waals surface area contributed by atoms with Gasteiger partial charge in [-0.2, -0.15) is 8.42 Å². The molecule has 1 fully saturated rings. The molecule has 1 saturated heterocycles. The number of anilines is 1. The number of amides is 1. The summed E-state index contributed by atoms with van der Waals surface area (Å²) in [6, 6.07) is 7.90. The molecule has 1 N–H and O–H groups in total. The third kappa shape index (κ3) is 7.70. The summed E-state index contributed by atoms with van der Waals surface area (Å²) in [5, 5.41) is 2.56. The van der Waals surface area contributed by atoms with Crippen LogP contribution in [0.15, 0.2) is 24.3 Å². The monoisotopic (exact) mass is 428 g/mol. The maximum Gasteiger partial charge on any atom is 0.264 e. The maximum absolute atomic E-state index is 10.9. The van der Waals surface area contributed by atoms with E-state index in [1.54, 1.807) is 6.41 Å². The van der Waals surface area contributed by atoms with Crippen molar-refractivity contribution in [3.05, 3.63) is 29.8 Å². The molecule has 6 nitrogen and oxygen atoms in total. The van der Waals surface area contributed by atoms with Gasteiger partial charge in [-0.15, -0.1) is 17.8 Å². The Balaban J connectivity index is 0.00000288. The van der Waals surface area contributed by atoms with Crippen LogP contribution in [0, 0.1) is 0 Å². The minimum atomic E-state index is -3.33. The van der Waals surface area contributed by atoms with Gasteiger partial charge in [0.25, 0.3) is 10.1 Å². The molecule has 0 bridgehead atoms. The standard InChI is InChI=1S/C16H23N2O4S.Y/c1-23(20,21)22-11-3-8-18-9-6-14(7-10-18)15-4-2-5-16(12-15)17-13-19;/h2,4-5,12,14H,3,6-11H2,1H3,(H,17,19);/q-1;. The fraction of sp³-hybridized carbons (Fsp3) is 0.562. The molecule has 0 atom stereocenters. The van der Waals surface area contributed by atoms with Gasteiger partial charge in [-0.1, -0.05) is 17.7 Å². The Morgan fingerprint density at radius 2 is 2.04 bits per heavy atom. The van der Waals surface area contributed by atoms with Gasteiger partial charge in [-0.3, -0.25) is 4.18 Å². The van der Waals surface area contributed by atoms with E-state index in [0.717, 1.165) is 44.4 Å². The number of likely N-dealkylation sites (tertiary alicyclic amines) is 1.